The van der Waals surface area contributed by atoms with Gasteiger partial charge in [-0.25, -0.2) is 4.98 Å². The van der Waals surface area contributed by atoms with Crippen LogP contribution in [0.4, 0.5) is 0 Å². The van der Waals surface area contributed by atoms with Crippen LogP contribution in [0.25, 0.3) is 11.3 Å². The molecule has 0 aliphatic rings. The summed E-state index contributed by atoms with van der Waals surface area (Å²) >= 11 is 3.41. The molecule has 17 heavy (non-hydrogen) atoms. The van der Waals surface area contributed by atoms with Crippen LogP contribution >= 0.6 is 15.9 Å². The molecular weight excluding hydrogens is 280 g/mol. The van der Waals surface area contributed by atoms with Gasteiger partial charge in [0.25, 0.3) is 0 Å². The minimum absolute atomic E-state index is 0.781. The Balaban J connectivity index is 2.04. The van der Waals surface area contributed by atoms with Gasteiger partial charge in [0.15, 0.2) is 11.7 Å². The number of nitrogens with zero attached hydrogens (tertiary/aromatic N) is 1. The van der Waals surface area contributed by atoms with Gasteiger partial charge in [0.2, 0.25) is 0 Å². The molecule has 0 saturated heterocycles. The number of hydrogen-bond acceptors (Lipinski definition) is 3. The summed E-state index contributed by atoms with van der Waals surface area (Å²) in [6, 6.07) is 8.02. The number of rotatable bonds is 5. The molecular formula is C13H15BrN2O. The number of aromatic nitrogens is 1. The van der Waals surface area contributed by atoms with Gasteiger partial charge in [-0.2, -0.15) is 0 Å². The Morgan fingerprint density at radius 2 is 2.06 bits per heavy atom. The van der Waals surface area contributed by atoms with Gasteiger partial charge in [-0.15, -0.1) is 0 Å². The Morgan fingerprint density at radius 3 is 2.76 bits per heavy atom. The number of halogens is 1. The summed E-state index contributed by atoms with van der Waals surface area (Å²) in [5.74, 6) is 1.60. The van der Waals surface area contributed by atoms with Crippen LogP contribution in [-0.2, 0) is 6.42 Å². The molecule has 0 atom stereocenters. The maximum Gasteiger partial charge on any atom is 0.196 e. The molecule has 0 aliphatic carbocycles. The Hall–Kier alpha value is -1.13. The van der Waals surface area contributed by atoms with Crippen LogP contribution in [0.15, 0.2) is 39.4 Å². The lowest BCUT2D eigenvalue weighted by Gasteiger charge is -1.98. The number of hydrogen-bond donors (Lipinski definition) is 1. The van der Waals surface area contributed by atoms with Crippen LogP contribution in [0.1, 0.15) is 12.8 Å². The van der Waals surface area contributed by atoms with Crippen LogP contribution in [0, 0.1) is 0 Å². The van der Waals surface area contributed by atoms with E-state index in [0.717, 1.165) is 41.2 Å². The molecule has 0 aliphatic heterocycles. The first kappa shape index (κ1) is 12.3. The predicted molar refractivity (Wildman–Crippen MR) is 71.9 cm³/mol. The first-order chi connectivity index (χ1) is 8.29. The molecule has 0 saturated carbocycles. The third-order valence-corrected chi connectivity index (χ3v) is 2.98. The van der Waals surface area contributed by atoms with Gasteiger partial charge in [-0.1, -0.05) is 35.0 Å². The summed E-state index contributed by atoms with van der Waals surface area (Å²) in [5, 5.41) is 3.25. The van der Waals surface area contributed by atoms with E-state index in [4.69, 9.17) is 4.42 Å². The fourth-order valence-corrected chi connectivity index (χ4v) is 1.81. The number of oxazole rings is 1. The fourth-order valence-electron chi connectivity index (χ4n) is 1.55. The highest BCUT2D eigenvalue weighted by Gasteiger charge is 2.05. The zero-order valence-electron chi connectivity index (χ0n) is 9.74. The highest BCUT2D eigenvalue weighted by molar-refractivity contribution is 9.10. The van der Waals surface area contributed by atoms with Gasteiger partial charge < -0.3 is 9.73 Å². The standard InChI is InChI=1S/C13H15BrN2O/c1-2-15-8-7-13-16-9-12(17-13)10-3-5-11(14)6-4-10/h3-6,9,15H,2,7-8H2,1H3. The van der Waals surface area contributed by atoms with E-state index >= 15 is 0 Å². The van der Waals surface area contributed by atoms with Gasteiger partial charge in [0, 0.05) is 23.0 Å². The average molecular weight is 295 g/mol. The molecule has 0 bridgehead atoms. The van der Waals surface area contributed by atoms with Crippen molar-refractivity contribution in [3.63, 3.8) is 0 Å². The van der Waals surface area contributed by atoms with E-state index in [9.17, 15) is 0 Å². The minimum Gasteiger partial charge on any atom is -0.441 e. The van der Waals surface area contributed by atoms with Crippen molar-refractivity contribution >= 4 is 15.9 Å². The lowest BCUT2D eigenvalue weighted by molar-refractivity contribution is 0.497. The van der Waals surface area contributed by atoms with Gasteiger partial charge in [0.05, 0.1) is 6.20 Å². The molecule has 0 unspecified atom stereocenters. The molecule has 1 aromatic carbocycles. The second kappa shape index (κ2) is 5.98. The first-order valence-electron chi connectivity index (χ1n) is 5.71. The van der Waals surface area contributed by atoms with E-state index in [2.05, 4.69) is 33.2 Å². The second-order valence-electron chi connectivity index (χ2n) is 3.73. The molecule has 1 aromatic heterocycles. The summed E-state index contributed by atoms with van der Waals surface area (Å²) in [5.41, 5.74) is 1.05. The van der Waals surface area contributed by atoms with E-state index in [0.29, 0.717) is 0 Å². The van der Waals surface area contributed by atoms with Gasteiger partial charge >= 0.3 is 0 Å². The highest BCUT2D eigenvalue weighted by Crippen LogP contribution is 2.22. The Bertz CT molecular complexity index is 465. The van der Waals surface area contributed by atoms with Crippen molar-refractivity contribution in [3.05, 3.63) is 40.8 Å². The molecule has 2 aromatic rings. The lowest BCUT2D eigenvalue weighted by Crippen LogP contribution is -2.16. The van der Waals surface area contributed by atoms with Crippen LogP contribution in [0.5, 0.6) is 0 Å². The predicted octanol–water partition coefficient (Wildman–Crippen LogP) is 3.26. The first-order valence-corrected chi connectivity index (χ1v) is 6.50. The number of likely N-dealkylation sites (N-methyl/N-ethyl adjacent to an activating group) is 1. The molecule has 4 heteroatoms. The summed E-state index contributed by atoms with van der Waals surface area (Å²) in [7, 11) is 0. The fraction of sp³-hybridized carbons (Fsp3) is 0.308. The molecule has 0 spiro atoms. The maximum absolute atomic E-state index is 5.69. The highest BCUT2D eigenvalue weighted by atomic mass is 79.9. The van der Waals surface area contributed by atoms with Crippen LogP contribution in [0.2, 0.25) is 0 Å². The largest absolute Gasteiger partial charge is 0.441 e. The second-order valence-corrected chi connectivity index (χ2v) is 4.64. The molecule has 1 heterocycles. The number of benzene rings is 1. The van der Waals surface area contributed by atoms with E-state index in [1.807, 2.05) is 24.3 Å². The van der Waals surface area contributed by atoms with E-state index in [1.165, 1.54) is 0 Å². The molecule has 2 rings (SSSR count). The molecule has 0 fully saturated rings. The molecule has 0 radical (unpaired) electrons. The molecule has 1 N–H and O–H groups in total. The smallest absolute Gasteiger partial charge is 0.196 e. The topological polar surface area (TPSA) is 38.1 Å². The molecule has 3 nitrogen and oxygen atoms in total. The van der Waals surface area contributed by atoms with E-state index < -0.39 is 0 Å². The van der Waals surface area contributed by atoms with Gasteiger partial charge in [0.1, 0.15) is 0 Å². The van der Waals surface area contributed by atoms with Crippen molar-refractivity contribution in [2.24, 2.45) is 0 Å². The van der Waals surface area contributed by atoms with Crippen LogP contribution < -0.4 is 5.32 Å². The van der Waals surface area contributed by atoms with Crippen molar-refractivity contribution in [1.29, 1.82) is 0 Å². The monoisotopic (exact) mass is 294 g/mol. The van der Waals surface area contributed by atoms with Crippen molar-refractivity contribution in [2.45, 2.75) is 13.3 Å². The van der Waals surface area contributed by atoms with Crippen molar-refractivity contribution < 1.29 is 4.42 Å². The normalized spacial score (nSPS) is 10.7. The van der Waals surface area contributed by atoms with E-state index in [1.54, 1.807) is 6.20 Å². The third-order valence-electron chi connectivity index (χ3n) is 2.45. The SMILES string of the molecule is CCNCCc1ncc(-c2ccc(Br)cc2)o1. The summed E-state index contributed by atoms with van der Waals surface area (Å²) in [4.78, 5) is 4.27. The lowest BCUT2D eigenvalue weighted by atomic mass is 10.2. The van der Waals surface area contributed by atoms with Crippen LogP contribution in [-0.4, -0.2) is 18.1 Å². The quantitative estimate of drug-likeness (QED) is 0.860. The van der Waals surface area contributed by atoms with E-state index in [-0.39, 0.29) is 0 Å². The van der Waals surface area contributed by atoms with Crippen molar-refractivity contribution in [3.8, 4) is 11.3 Å². The third kappa shape index (κ3) is 3.41. The summed E-state index contributed by atoms with van der Waals surface area (Å²) in [6.07, 6.45) is 2.61. The minimum atomic E-state index is 0.781. The average Bonchev–Trinajstić information content (AvgIpc) is 2.79. The zero-order valence-corrected chi connectivity index (χ0v) is 11.3. The Labute approximate surface area is 109 Å². The maximum atomic E-state index is 5.69. The summed E-state index contributed by atoms with van der Waals surface area (Å²) in [6.45, 7) is 3.96. The van der Waals surface area contributed by atoms with Gasteiger partial charge in [-0.05, 0) is 18.7 Å². The van der Waals surface area contributed by atoms with Crippen LogP contribution in [0.3, 0.4) is 0 Å². The molecule has 0 amide bonds. The Kier molecular flexibility index (Phi) is 4.34. The Morgan fingerprint density at radius 1 is 1.29 bits per heavy atom. The van der Waals surface area contributed by atoms with Crippen molar-refractivity contribution in [2.75, 3.05) is 13.1 Å². The van der Waals surface area contributed by atoms with Crippen molar-refractivity contribution in [1.82, 2.24) is 10.3 Å². The number of nitrogens with one attached hydrogen (secondary N) is 1. The van der Waals surface area contributed by atoms with Gasteiger partial charge in [-0.3, -0.25) is 0 Å². The molecule has 90 valence electrons. The zero-order chi connectivity index (χ0) is 12.1. The summed E-state index contributed by atoms with van der Waals surface area (Å²) < 4.78 is 6.75.